The number of carboxylic acids is 2. The van der Waals surface area contributed by atoms with Crippen molar-refractivity contribution in [2.75, 3.05) is 0 Å². The van der Waals surface area contributed by atoms with Gasteiger partial charge in [-0.1, -0.05) is 44.2 Å². The van der Waals surface area contributed by atoms with Crippen LogP contribution >= 0.6 is 0 Å². The Morgan fingerprint density at radius 2 is 1.53 bits per heavy atom. The van der Waals surface area contributed by atoms with Crippen molar-refractivity contribution >= 4 is 92.9 Å². The summed E-state index contributed by atoms with van der Waals surface area (Å²) in [6, 6.07) is 8.82. The zero-order valence-corrected chi connectivity index (χ0v) is 9.88. The molecule has 2 N–H and O–H groups in total. The molecule has 0 aromatic heterocycles. The van der Waals surface area contributed by atoms with Gasteiger partial charge in [-0.15, -0.1) is 0 Å². The number of carboxylic acid groups (broad SMARTS) is 2. The number of rotatable bonds is 5. The SMILES string of the molecule is CC(C)C(Cc1ccccc1)(C(=O)O)C(=O)O.[KH].[NaH]. The molecule has 0 saturated heterocycles. The van der Waals surface area contributed by atoms with Gasteiger partial charge in [0.15, 0.2) is 5.41 Å². The van der Waals surface area contributed by atoms with Crippen molar-refractivity contribution in [3.05, 3.63) is 35.9 Å². The summed E-state index contributed by atoms with van der Waals surface area (Å²) in [4.78, 5) is 22.7. The molecule has 0 aliphatic heterocycles. The maximum atomic E-state index is 11.3. The fraction of sp³-hybridized carbons (Fsp3) is 0.385. The molecule has 0 bridgehead atoms. The monoisotopic (exact) mass is 300 g/mol. The third-order valence-electron chi connectivity index (χ3n) is 3.07. The first-order chi connectivity index (χ1) is 7.91. The average Bonchev–Trinajstić information content (AvgIpc) is 2.25. The summed E-state index contributed by atoms with van der Waals surface area (Å²) in [5, 5.41) is 18.5. The van der Waals surface area contributed by atoms with E-state index in [-0.39, 0.29) is 87.4 Å². The van der Waals surface area contributed by atoms with Crippen LogP contribution in [0.3, 0.4) is 0 Å². The summed E-state index contributed by atoms with van der Waals surface area (Å²) in [5.41, 5.74) is -1.05. The van der Waals surface area contributed by atoms with Gasteiger partial charge in [-0.2, -0.15) is 0 Å². The predicted octanol–water partition coefficient (Wildman–Crippen LogP) is 0.744. The molecular weight excluding hydrogens is 282 g/mol. The van der Waals surface area contributed by atoms with E-state index in [0.29, 0.717) is 5.56 Å². The molecule has 0 spiro atoms. The van der Waals surface area contributed by atoms with Crippen LogP contribution in [0.2, 0.25) is 0 Å². The van der Waals surface area contributed by atoms with Gasteiger partial charge in [0.05, 0.1) is 0 Å². The summed E-state index contributed by atoms with van der Waals surface area (Å²) < 4.78 is 0. The Morgan fingerprint density at radius 1 is 1.11 bits per heavy atom. The Balaban J connectivity index is 0. The molecule has 1 rings (SSSR count). The van der Waals surface area contributed by atoms with E-state index in [1.54, 1.807) is 38.1 Å². The standard InChI is InChI=1S/C13H16O4.K.Na.2H/c1-9(2)13(11(14)15,12(16)17)8-10-6-4-3-5-7-10;;;;/h3-7,9H,8H2,1-2H3,(H,14,15)(H,16,17);;;;. The van der Waals surface area contributed by atoms with E-state index < -0.39 is 23.3 Å². The first-order valence-corrected chi connectivity index (χ1v) is 5.42. The Morgan fingerprint density at radius 3 is 1.84 bits per heavy atom. The number of carbonyl (C=O) groups is 2. The molecule has 0 atom stereocenters. The van der Waals surface area contributed by atoms with E-state index in [1.165, 1.54) is 0 Å². The topological polar surface area (TPSA) is 74.6 Å². The third kappa shape index (κ3) is 5.25. The summed E-state index contributed by atoms with van der Waals surface area (Å²) >= 11 is 0. The van der Waals surface area contributed by atoms with Crippen LogP contribution in [0.1, 0.15) is 19.4 Å². The summed E-state index contributed by atoms with van der Waals surface area (Å²) in [6.07, 6.45) is -0.00380. The van der Waals surface area contributed by atoms with Crippen molar-refractivity contribution in [3.8, 4) is 0 Å². The molecule has 0 amide bonds. The molecule has 1 aromatic rings. The van der Waals surface area contributed by atoms with Crippen LogP contribution in [0.5, 0.6) is 0 Å². The zero-order valence-electron chi connectivity index (χ0n) is 9.88. The summed E-state index contributed by atoms with van der Waals surface area (Å²) in [5.74, 6) is -3.06. The molecule has 0 radical (unpaired) electrons. The molecule has 0 saturated carbocycles. The second kappa shape index (κ2) is 9.68. The van der Waals surface area contributed by atoms with Crippen molar-refractivity contribution in [2.24, 2.45) is 11.3 Å². The first kappa shape index (κ1) is 22.1. The van der Waals surface area contributed by atoms with E-state index in [0.717, 1.165) is 0 Å². The van der Waals surface area contributed by atoms with Gasteiger partial charge in [0.25, 0.3) is 0 Å². The Labute approximate surface area is 177 Å². The fourth-order valence-electron chi connectivity index (χ4n) is 1.86. The molecule has 0 heterocycles. The van der Waals surface area contributed by atoms with Crippen molar-refractivity contribution in [1.82, 2.24) is 0 Å². The molecule has 1 aromatic carbocycles. The van der Waals surface area contributed by atoms with Crippen molar-refractivity contribution in [3.63, 3.8) is 0 Å². The molecule has 96 valence electrons. The van der Waals surface area contributed by atoms with Gasteiger partial charge in [0.1, 0.15) is 0 Å². The summed E-state index contributed by atoms with van der Waals surface area (Å²) in [6.45, 7) is 3.23. The van der Waals surface area contributed by atoms with Gasteiger partial charge >= 0.3 is 92.9 Å². The fourth-order valence-corrected chi connectivity index (χ4v) is 1.86. The second-order valence-corrected chi connectivity index (χ2v) is 4.40. The molecule has 19 heavy (non-hydrogen) atoms. The van der Waals surface area contributed by atoms with E-state index >= 15 is 0 Å². The Kier molecular flexibility index (Phi) is 11.3. The van der Waals surface area contributed by atoms with Gasteiger partial charge in [0, 0.05) is 0 Å². The van der Waals surface area contributed by atoms with Gasteiger partial charge in [-0.05, 0) is 17.9 Å². The average molecular weight is 300 g/mol. The van der Waals surface area contributed by atoms with Gasteiger partial charge in [-0.3, -0.25) is 9.59 Å². The number of hydrogen-bond donors (Lipinski definition) is 2. The quantitative estimate of drug-likeness (QED) is 0.621. The minimum atomic E-state index is -1.76. The third-order valence-corrected chi connectivity index (χ3v) is 3.07. The molecule has 4 nitrogen and oxygen atoms in total. The van der Waals surface area contributed by atoms with Crippen molar-refractivity contribution in [2.45, 2.75) is 20.3 Å². The van der Waals surface area contributed by atoms with E-state index in [4.69, 9.17) is 0 Å². The maximum absolute atomic E-state index is 11.3. The molecule has 0 unspecified atom stereocenters. The van der Waals surface area contributed by atoms with Crippen LogP contribution in [0.15, 0.2) is 30.3 Å². The Bertz CT molecular complexity index is 406. The number of benzene rings is 1. The van der Waals surface area contributed by atoms with E-state index in [9.17, 15) is 19.8 Å². The molecule has 0 fully saturated rings. The van der Waals surface area contributed by atoms with Crippen molar-refractivity contribution < 1.29 is 19.8 Å². The number of hydrogen-bond acceptors (Lipinski definition) is 2. The van der Waals surface area contributed by atoms with Crippen LogP contribution in [-0.4, -0.2) is 103 Å². The first-order valence-electron chi connectivity index (χ1n) is 5.42. The van der Waals surface area contributed by atoms with E-state index in [2.05, 4.69) is 0 Å². The van der Waals surface area contributed by atoms with Crippen LogP contribution in [0.25, 0.3) is 0 Å². The number of aliphatic carboxylic acids is 2. The molecule has 0 aliphatic rings. The molecule has 0 aliphatic carbocycles. The minimum absolute atomic E-state index is 0. The second-order valence-electron chi connectivity index (χ2n) is 4.40. The molecular formula is C13H18KNaO4. The Hall–Kier alpha value is 0.796. The van der Waals surface area contributed by atoms with Gasteiger partial charge in [0.2, 0.25) is 0 Å². The normalized spacial score (nSPS) is 10.3. The molecule has 6 heteroatoms. The van der Waals surface area contributed by atoms with E-state index in [1.807, 2.05) is 6.07 Å². The summed E-state index contributed by atoms with van der Waals surface area (Å²) in [7, 11) is 0. The van der Waals surface area contributed by atoms with Crippen LogP contribution in [-0.2, 0) is 16.0 Å². The van der Waals surface area contributed by atoms with Gasteiger partial charge in [-0.25, -0.2) is 0 Å². The van der Waals surface area contributed by atoms with Crippen molar-refractivity contribution in [1.29, 1.82) is 0 Å². The van der Waals surface area contributed by atoms with Gasteiger partial charge < -0.3 is 10.2 Å². The predicted molar refractivity (Wildman–Crippen MR) is 77.0 cm³/mol. The van der Waals surface area contributed by atoms with Crippen LogP contribution in [0.4, 0.5) is 0 Å². The van der Waals surface area contributed by atoms with Crippen LogP contribution < -0.4 is 0 Å². The van der Waals surface area contributed by atoms with Crippen LogP contribution in [0, 0.1) is 11.3 Å². The zero-order chi connectivity index (χ0) is 13.1.